The van der Waals surface area contributed by atoms with Gasteiger partial charge in [-0.1, -0.05) is 29.8 Å². The van der Waals surface area contributed by atoms with Gasteiger partial charge in [0, 0.05) is 21.2 Å². The van der Waals surface area contributed by atoms with Gasteiger partial charge in [0.25, 0.3) is 5.91 Å². The third-order valence-corrected chi connectivity index (χ3v) is 4.96. The van der Waals surface area contributed by atoms with Crippen molar-refractivity contribution in [3.05, 3.63) is 65.2 Å². The highest BCUT2D eigenvalue weighted by Crippen LogP contribution is 2.11. The molecule has 0 aromatic heterocycles. The summed E-state index contributed by atoms with van der Waals surface area (Å²) >= 11 is 5.76. The highest BCUT2D eigenvalue weighted by Gasteiger charge is 2.21. The quantitative estimate of drug-likeness (QED) is 0.790. The maximum atomic E-state index is 12.2. The van der Waals surface area contributed by atoms with Crippen molar-refractivity contribution >= 4 is 34.3 Å². The lowest BCUT2D eigenvalue weighted by atomic mass is 10.1. The first-order valence-electron chi connectivity index (χ1n) is 7.20. The summed E-state index contributed by atoms with van der Waals surface area (Å²) in [6.07, 6.45) is 0.0656. The standard InChI is InChI=1S/C17H16ClNO4S/c18-13-8-6-12(7-9-13)16(20)19-15(17(21)22)10-11-24(23)14-4-2-1-3-5-14/h1-9,15H,10-11H2,(H,19,20)(H,21,22)/t15-,24+/m0/s1. The molecule has 5 nitrogen and oxygen atoms in total. The van der Waals surface area contributed by atoms with Crippen molar-refractivity contribution in [3.8, 4) is 0 Å². The second kappa shape index (κ2) is 8.61. The molecular weight excluding hydrogens is 350 g/mol. The lowest BCUT2D eigenvalue weighted by Crippen LogP contribution is -2.41. The Kier molecular flexibility index (Phi) is 6.52. The molecule has 0 heterocycles. The van der Waals surface area contributed by atoms with Crippen LogP contribution in [0.5, 0.6) is 0 Å². The second-order valence-electron chi connectivity index (χ2n) is 5.02. The van der Waals surface area contributed by atoms with Gasteiger partial charge in [-0.3, -0.25) is 9.00 Å². The van der Waals surface area contributed by atoms with E-state index in [0.717, 1.165) is 0 Å². The Balaban J connectivity index is 1.97. The molecule has 0 radical (unpaired) electrons. The zero-order valence-electron chi connectivity index (χ0n) is 12.6. The molecule has 0 saturated heterocycles. The number of benzene rings is 2. The van der Waals surface area contributed by atoms with Crippen molar-refractivity contribution in [2.45, 2.75) is 17.4 Å². The number of carboxylic acid groups (broad SMARTS) is 1. The van der Waals surface area contributed by atoms with Gasteiger partial charge < -0.3 is 10.4 Å². The van der Waals surface area contributed by atoms with Gasteiger partial charge in [0.15, 0.2) is 0 Å². The first-order valence-corrected chi connectivity index (χ1v) is 8.89. The number of amides is 1. The lowest BCUT2D eigenvalue weighted by Gasteiger charge is -2.14. The molecule has 2 rings (SSSR count). The summed E-state index contributed by atoms with van der Waals surface area (Å²) in [6, 6.07) is 13.8. The fourth-order valence-corrected chi connectivity index (χ4v) is 3.29. The summed E-state index contributed by atoms with van der Waals surface area (Å²) in [5.41, 5.74) is 0.315. The van der Waals surface area contributed by atoms with Gasteiger partial charge in [0.05, 0.1) is 10.8 Å². The Morgan fingerprint density at radius 1 is 1.08 bits per heavy atom. The van der Waals surface area contributed by atoms with E-state index in [9.17, 15) is 18.9 Å². The molecule has 126 valence electrons. The molecule has 2 atom stereocenters. The van der Waals surface area contributed by atoms with Crippen LogP contribution in [-0.4, -0.2) is 33.0 Å². The average Bonchev–Trinajstić information content (AvgIpc) is 2.59. The molecule has 1 amide bonds. The monoisotopic (exact) mass is 365 g/mol. The number of carboxylic acids is 1. The van der Waals surface area contributed by atoms with Crippen LogP contribution in [-0.2, 0) is 15.6 Å². The van der Waals surface area contributed by atoms with Gasteiger partial charge in [-0.2, -0.15) is 0 Å². The van der Waals surface area contributed by atoms with Gasteiger partial charge in [0.1, 0.15) is 6.04 Å². The van der Waals surface area contributed by atoms with Gasteiger partial charge in [-0.25, -0.2) is 4.79 Å². The topological polar surface area (TPSA) is 83.5 Å². The fourth-order valence-electron chi connectivity index (χ4n) is 2.02. The Bertz CT molecular complexity index is 734. The average molecular weight is 366 g/mol. The molecule has 0 bridgehead atoms. The van der Waals surface area contributed by atoms with E-state index in [4.69, 9.17) is 11.6 Å². The molecule has 7 heteroatoms. The molecule has 0 spiro atoms. The molecule has 0 aliphatic heterocycles. The maximum absolute atomic E-state index is 12.2. The zero-order valence-corrected chi connectivity index (χ0v) is 14.2. The fraction of sp³-hybridized carbons (Fsp3) is 0.176. The van der Waals surface area contributed by atoms with Gasteiger partial charge in [-0.05, 0) is 42.8 Å². The number of hydrogen-bond donors (Lipinski definition) is 2. The number of nitrogens with one attached hydrogen (secondary N) is 1. The van der Waals surface area contributed by atoms with E-state index in [1.807, 2.05) is 6.07 Å². The summed E-state index contributed by atoms with van der Waals surface area (Å²) in [4.78, 5) is 24.1. The number of carbonyl (C=O) groups is 2. The van der Waals surface area contributed by atoms with Crippen LogP contribution in [0, 0.1) is 0 Å². The largest absolute Gasteiger partial charge is 0.480 e. The van der Waals surface area contributed by atoms with Crippen molar-refractivity contribution in [2.75, 3.05) is 5.75 Å². The molecule has 0 fully saturated rings. The molecule has 2 aromatic rings. The molecule has 2 aromatic carbocycles. The van der Waals surface area contributed by atoms with E-state index < -0.39 is 28.7 Å². The van der Waals surface area contributed by atoms with Crippen LogP contribution >= 0.6 is 11.6 Å². The number of aliphatic carboxylic acids is 1. The van der Waals surface area contributed by atoms with Crippen LogP contribution in [0.25, 0.3) is 0 Å². The van der Waals surface area contributed by atoms with E-state index in [1.54, 1.807) is 36.4 Å². The lowest BCUT2D eigenvalue weighted by molar-refractivity contribution is -0.139. The highest BCUT2D eigenvalue weighted by molar-refractivity contribution is 7.85. The first-order chi connectivity index (χ1) is 11.5. The molecule has 0 aliphatic carbocycles. The van der Waals surface area contributed by atoms with Crippen LogP contribution in [0.4, 0.5) is 0 Å². The maximum Gasteiger partial charge on any atom is 0.326 e. The van der Waals surface area contributed by atoms with Gasteiger partial charge in [-0.15, -0.1) is 0 Å². The van der Waals surface area contributed by atoms with E-state index >= 15 is 0 Å². The SMILES string of the molecule is O=C(N[C@@H](CC[S@@](=O)c1ccccc1)C(=O)O)c1ccc(Cl)cc1. The molecule has 0 unspecified atom stereocenters. The van der Waals surface area contributed by atoms with E-state index in [1.165, 1.54) is 12.1 Å². The third-order valence-electron chi connectivity index (χ3n) is 3.31. The molecule has 2 N–H and O–H groups in total. The second-order valence-corrected chi connectivity index (χ2v) is 7.03. The predicted octanol–water partition coefficient (Wildman–Crippen LogP) is 2.72. The molecular formula is C17H16ClNO4S. The van der Waals surface area contributed by atoms with E-state index in [0.29, 0.717) is 15.5 Å². The summed E-state index contributed by atoms with van der Waals surface area (Å²) in [5.74, 6) is -1.53. The van der Waals surface area contributed by atoms with Crippen molar-refractivity contribution < 1.29 is 18.9 Å². The zero-order chi connectivity index (χ0) is 17.5. The minimum atomic E-state index is -1.32. The van der Waals surface area contributed by atoms with Crippen molar-refractivity contribution in [3.63, 3.8) is 0 Å². The van der Waals surface area contributed by atoms with Gasteiger partial charge >= 0.3 is 5.97 Å². The van der Waals surface area contributed by atoms with Crippen molar-refractivity contribution in [1.29, 1.82) is 0 Å². The minimum absolute atomic E-state index is 0.0656. The van der Waals surface area contributed by atoms with Crippen molar-refractivity contribution in [2.24, 2.45) is 0 Å². The number of carbonyl (C=O) groups excluding carboxylic acids is 1. The predicted molar refractivity (Wildman–Crippen MR) is 92.7 cm³/mol. The van der Waals surface area contributed by atoms with Crippen LogP contribution in [0.1, 0.15) is 16.8 Å². The summed E-state index contributed by atoms with van der Waals surface area (Å²) in [7, 11) is -1.32. The van der Waals surface area contributed by atoms with Crippen LogP contribution in [0.3, 0.4) is 0 Å². The summed E-state index contributed by atoms with van der Waals surface area (Å²) in [6.45, 7) is 0. The minimum Gasteiger partial charge on any atom is -0.480 e. The smallest absolute Gasteiger partial charge is 0.326 e. The normalized spacial score (nSPS) is 13.0. The number of hydrogen-bond acceptors (Lipinski definition) is 3. The highest BCUT2D eigenvalue weighted by atomic mass is 35.5. The van der Waals surface area contributed by atoms with Gasteiger partial charge in [0.2, 0.25) is 0 Å². The molecule has 0 saturated carbocycles. The molecule has 24 heavy (non-hydrogen) atoms. The van der Waals surface area contributed by atoms with E-state index in [-0.39, 0.29) is 12.2 Å². The number of halogens is 1. The molecule has 0 aliphatic rings. The Morgan fingerprint density at radius 3 is 2.29 bits per heavy atom. The van der Waals surface area contributed by atoms with Crippen LogP contribution in [0.15, 0.2) is 59.5 Å². The van der Waals surface area contributed by atoms with Crippen molar-refractivity contribution in [1.82, 2.24) is 5.32 Å². The summed E-state index contributed by atoms with van der Waals surface area (Å²) < 4.78 is 12.2. The van der Waals surface area contributed by atoms with Crippen LogP contribution < -0.4 is 5.32 Å². The Labute approximate surface area is 147 Å². The van der Waals surface area contributed by atoms with Crippen LogP contribution in [0.2, 0.25) is 5.02 Å². The number of rotatable bonds is 7. The van der Waals surface area contributed by atoms with E-state index in [2.05, 4.69) is 5.32 Å². The Hall–Kier alpha value is -2.18. The third kappa shape index (κ3) is 5.18. The first kappa shape index (κ1) is 18.2. The Morgan fingerprint density at radius 2 is 1.71 bits per heavy atom. The summed E-state index contributed by atoms with van der Waals surface area (Å²) in [5, 5.41) is 12.2.